The van der Waals surface area contributed by atoms with Crippen LogP contribution in [0.4, 0.5) is 8.78 Å². The van der Waals surface area contributed by atoms with E-state index in [4.69, 9.17) is 4.74 Å². The number of unbranched alkanes of at least 4 members (excludes halogenated alkanes) is 1. The van der Waals surface area contributed by atoms with Crippen molar-refractivity contribution in [1.29, 1.82) is 0 Å². The first kappa shape index (κ1) is 20.6. The molecule has 27 heavy (non-hydrogen) atoms. The summed E-state index contributed by atoms with van der Waals surface area (Å²) < 4.78 is 33.7. The van der Waals surface area contributed by atoms with Gasteiger partial charge in [0.1, 0.15) is 24.8 Å². The Hall–Kier alpha value is -2.71. The van der Waals surface area contributed by atoms with Gasteiger partial charge in [0.2, 0.25) is 0 Å². The second kappa shape index (κ2) is 10.4. The van der Waals surface area contributed by atoms with Gasteiger partial charge in [0.15, 0.2) is 23.4 Å². The van der Waals surface area contributed by atoms with Crippen LogP contribution in [0, 0.1) is 18.6 Å². The van der Waals surface area contributed by atoms with Crippen molar-refractivity contribution in [2.75, 3.05) is 19.7 Å². The molecule has 0 amide bonds. The second-order valence-electron chi connectivity index (χ2n) is 6.02. The number of aliphatic imine (C=N–C) groups is 1. The highest BCUT2D eigenvalue weighted by atomic mass is 19.1. The second-order valence-corrected chi connectivity index (χ2v) is 6.02. The van der Waals surface area contributed by atoms with Crippen LogP contribution in [-0.2, 0) is 13.6 Å². The molecule has 1 heterocycles. The smallest absolute Gasteiger partial charge is 0.191 e. The number of aromatic nitrogens is 3. The SMILES string of the molecule is CCCCNC(=NCc1nnc(C)n1C)NCCOc1ccc(F)cc1F. The molecule has 2 aromatic rings. The number of nitrogens with zero attached hydrogens (tertiary/aromatic N) is 4. The molecular formula is C18H26F2N6O. The predicted molar refractivity (Wildman–Crippen MR) is 99.6 cm³/mol. The van der Waals surface area contributed by atoms with Crippen molar-refractivity contribution < 1.29 is 13.5 Å². The van der Waals surface area contributed by atoms with Crippen molar-refractivity contribution >= 4 is 5.96 Å². The van der Waals surface area contributed by atoms with Gasteiger partial charge in [-0.2, -0.15) is 0 Å². The highest BCUT2D eigenvalue weighted by Gasteiger charge is 2.06. The van der Waals surface area contributed by atoms with E-state index in [2.05, 4.69) is 32.7 Å². The third-order valence-electron chi connectivity index (χ3n) is 3.93. The molecule has 0 fully saturated rings. The number of benzene rings is 1. The zero-order valence-electron chi connectivity index (χ0n) is 15.9. The average Bonchev–Trinajstić information content (AvgIpc) is 2.96. The van der Waals surface area contributed by atoms with Gasteiger partial charge in [-0.25, -0.2) is 13.8 Å². The first-order chi connectivity index (χ1) is 13.0. The lowest BCUT2D eigenvalue weighted by Gasteiger charge is -2.13. The normalized spacial score (nSPS) is 11.5. The van der Waals surface area contributed by atoms with Gasteiger partial charge in [0.25, 0.3) is 0 Å². The summed E-state index contributed by atoms with van der Waals surface area (Å²) >= 11 is 0. The summed E-state index contributed by atoms with van der Waals surface area (Å²) in [5, 5.41) is 14.5. The van der Waals surface area contributed by atoms with Crippen LogP contribution in [0.25, 0.3) is 0 Å². The van der Waals surface area contributed by atoms with E-state index >= 15 is 0 Å². The number of hydrogen-bond acceptors (Lipinski definition) is 4. The summed E-state index contributed by atoms with van der Waals surface area (Å²) in [6.45, 7) is 5.77. The van der Waals surface area contributed by atoms with Crippen LogP contribution in [-0.4, -0.2) is 40.4 Å². The molecule has 0 aliphatic carbocycles. The summed E-state index contributed by atoms with van der Waals surface area (Å²) in [5.74, 6) is 0.865. The molecular weight excluding hydrogens is 354 g/mol. The molecule has 0 spiro atoms. The maximum Gasteiger partial charge on any atom is 0.191 e. The highest BCUT2D eigenvalue weighted by Crippen LogP contribution is 2.17. The first-order valence-electron chi connectivity index (χ1n) is 8.96. The fourth-order valence-electron chi connectivity index (χ4n) is 2.22. The minimum atomic E-state index is -0.720. The fraction of sp³-hybridized carbons (Fsp3) is 0.500. The number of halogens is 2. The van der Waals surface area contributed by atoms with E-state index in [1.165, 1.54) is 6.07 Å². The largest absolute Gasteiger partial charge is 0.489 e. The molecule has 2 N–H and O–H groups in total. The Balaban J connectivity index is 1.87. The number of hydrogen-bond donors (Lipinski definition) is 2. The van der Waals surface area contributed by atoms with E-state index in [0.717, 1.165) is 43.2 Å². The summed E-state index contributed by atoms with van der Waals surface area (Å²) in [5.41, 5.74) is 0. The van der Waals surface area contributed by atoms with Crippen molar-refractivity contribution in [3.8, 4) is 5.75 Å². The summed E-state index contributed by atoms with van der Waals surface area (Å²) in [6.07, 6.45) is 2.08. The lowest BCUT2D eigenvalue weighted by Crippen LogP contribution is -2.40. The van der Waals surface area contributed by atoms with E-state index in [1.807, 2.05) is 18.5 Å². The number of guanidine groups is 1. The Labute approximate surface area is 157 Å². The van der Waals surface area contributed by atoms with Gasteiger partial charge < -0.3 is 19.9 Å². The van der Waals surface area contributed by atoms with Gasteiger partial charge in [-0.3, -0.25) is 0 Å². The van der Waals surface area contributed by atoms with Crippen molar-refractivity contribution in [3.63, 3.8) is 0 Å². The van der Waals surface area contributed by atoms with E-state index in [1.54, 1.807) is 0 Å². The third kappa shape index (κ3) is 6.50. The number of aryl methyl sites for hydroxylation is 1. The minimum Gasteiger partial charge on any atom is -0.489 e. The number of ether oxygens (including phenoxy) is 1. The minimum absolute atomic E-state index is 0.0187. The van der Waals surface area contributed by atoms with Crippen LogP contribution in [0.3, 0.4) is 0 Å². The van der Waals surface area contributed by atoms with Crippen LogP contribution < -0.4 is 15.4 Å². The topological polar surface area (TPSA) is 76.4 Å². The molecule has 0 aliphatic heterocycles. The summed E-state index contributed by atoms with van der Waals surface area (Å²) in [7, 11) is 1.89. The van der Waals surface area contributed by atoms with Crippen molar-refractivity contribution in [2.45, 2.75) is 33.2 Å². The predicted octanol–water partition coefficient (Wildman–Crippen LogP) is 2.32. The van der Waals surface area contributed by atoms with Gasteiger partial charge in [-0.1, -0.05) is 13.3 Å². The molecule has 0 radical (unpaired) electrons. The lowest BCUT2D eigenvalue weighted by molar-refractivity contribution is 0.304. The van der Waals surface area contributed by atoms with Gasteiger partial charge >= 0.3 is 0 Å². The Morgan fingerprint density at radius 3 is 2.67 bits per heavy atom. The van der Waals surface area contributed by atoms with Gasteiger partial charge in [0, 0.05) is 19.7 Å². The quantitative estimate of drug-likeness (QED) is 0.397. The van der Waals surface area contributed by atoms with Crippen LogP contribution in [0.15, 0.2) is 23.2 Å². The van der Waals surface area contributed by atoms with Crippen LogP contribution in [0.1, 0.15) is 31.4 Å². The Morgan fingerprint density at radius 2 is 2.00 bits per heavy atom. The maximum absolute atomic E-state index is 13.6. The van der Waals surface area contributed by atoms with Crippen LogP contribution in [0.5, 0.6) is 5.75 Å². The van der Waals surface area contributed by atoms with Crippen molar-refractivity contribution in [2.24, 2.45) is 12.0 Å². The Morgan fingerprint density at radius 1 is 1.22 bits per heavy atom. The number of rotatable bonds is 9. The Kier molecular flexibility index (Phi) is 7.97. The van der Waals surface area contributed by atoms with Crippen LogP contribution in [0.2, 0.25) is 0 Å². The third-order valence-corrected chi connectivity index (χ3v) is 3.93. The monoisotopic (exact) mass is 380 g/mol. The fourth-order valence-corrected chi connectivity index (χ4v) is 2.22. The molecule has 0 aliphatic rings. The van der Waals surface area contributed by atoms with Gasteiger partial charge in [-0.05, 0) is 25.5 Å². The molecule has 0 saturated carbocycles. The standard InChI is InChI=1S/C18H26F2N6O/c1-4-5-8-21-18(23-12-17-25-24-13(2)26(17)3)22-9-10-27-16-7-6-14(19)11-15(16)20/h6-7,11H,4-5,8-10,12H2,1-3H3,(H2,21,22,23). The Bertz CT molecular complexity index is 762. The van der Waals surface area contributed by atoms with E-state index < -0.39 is 11.6 Å². The summed E-state index contributed by atoms with van der Waals surface area (Å²) in [4.78, 5) is 4.51. The molecule has 1 aromatic carbocycles. The highest BCUT2D eigenvalue weighted by molar-refractivity contribution is 5.79. The molecule has 2 rings (SSSR count). The molecule has 9 heteroatoms. The van der Waals surface area contributed by atoms with Gasteiger partial charge in [-0.15, -0.1) is 10.2 Å². The van der Waals surface area contributed by atoms with Crippen LogP contribution >= 0.6 is 0 Å². The zero-order valence-corrected chi connectivity index (χ0v) is 15.9. The number of nitrogens with one attached hydrogen (secondary N) is 2. The average molecular weight is 380 g/mol. The first-order valence-corrected chi connectivity index (χ1v) is 8.96. The molecule has 148 valence electrons. The van der Waals surface area contributed by atoms with E-state index in [9.17, 15) is 8.78 Å². The molecule has 1 aromatic heterocycles. The maximum atomic E-state index is 13.6. The molecule has 0 bridgehead atoms. The molecule has 0 atom stereocenters. The van der Waals surface area contributed by atoms with Crippen molar-refractivity contribution in [1.82, 2.24) is 25.4 Å². The van der Waals surface area contributed by atoms with E-state index in [-0.39, 0.29) is 12.4 Å². The molecule has 7 nitrogen and oxygen atoms in total. The zero-order chi connectivity index (χ0) is 19.6. The van der Waals surface area contributed by atoms with Crippen molar-refractivity contribution in [3.05, 3.63) is 41.5 Å². The van der Waals surface area contributed by atoms with Gasteiger partial charge in [0.05, 0.1) is 6.54 Å². The molecule has 0 unspecified atom stereocenters. The lowest BCUT2D eigenvalue weighted by atomic mass is 10.3. The van der Waals surface area contributed by atoms with E-state index in [0.29, 0.717) is 19.0 Å². The molecule has 0 saturated heterocycles. The summed E-state index contributed by atoms with van der Waals surface area (Å²) in [6, 6.07) is 3.23.